The lowest BCUT2D eigenvalue weighted by atomic mass is 9.94. The topological polar surface area (TPSA) is 141 Å². The first-order valence-electron chi connectivity index (χ1n) is 12.5. The molecule has 1 fully saturated rings. The van der Waals surface area contributed by atoms with E-state index in [-0.39, 0.29) is 22.3 Å². The maximum absolute atomic E-state index is 14.2. The molecule has 4 rings (SSSR count). The van der Waals surface area contributed by atoms with Crippen molar-refractivity contribution in [3.8, 4) is 5.75 Å². The minimum atomic E-state index is -1.20. The molecule has 9 nitrogen and oxygen atoms in total. The third-order valence-electron chi connectivity index (χ3n) is 6.44. The number of carbonyl (C=O) groups excluding carboxylic acids is 3. The van der Waals surface area contributed by atoms with Gasteiger partial charge >= 0.3 is 0 Å². The normalized spacial score (nSPS) is 14.5. The van der Waals surface area contributed by atoms with Crippen LogP contribution in [0.1, 0.15) is 70.8 Å². The van der Waals surface area contributed by atoms with Crippen molar-refractivity contribution in [3.05, 3.63) is 70.5 Å². The second kappa shape index (κ2) is 12.0. The number of halogens is 1. The van der Waals surface area contributed by atoms with E-state index in [1.165, 1.54) is 29.2 Å². The van der Waals surface area contributed by atoms with E-state index in [0.29, 0.717) is 23.6 Å². The van der Waals surface area contributed by atoms with E-state index in [1.807, 2.05) is 0 Å². The van der Waals surface area contributed by atoms with E-state index in [4.69, 9.17) is 16.2 Å². The van der Waals surface area contributed by atoms with Crippen LogP contribution in [0, 0.1) is 5.82 Å². The van der Waals surface area contributed by atoms with E-state index in [2.05, 4.69) is 9.69 Å². The molecule has 11 heteroatoms. The highest BCUT2D eigenvalue weighted by atomic mass is 32.1. The van der Waals surface area contributed by atoms with Crippen molar-refractivity contribution in [3.63, 3.8) is 0 Å². The van der Waals surface area contributed by atoms with Gasteiger partial charge in [0.1, 0.15) is 22.5 Å². The van der Waals surface area contributed by atoms with Gasteiger partial charge in [0.15, 0.2) is 5.69 Å². The Bertz CT molecular complexity index is 1310. The number of amides is 3. The lowest BCUT2D eigenvalue weighted by molar-refractivity contribution is -0.123. The van der Waals surface area contributed by atoms with Crippen molar-refractivity contribution in [2.45, 2.75) is 51.1 Å². The Hall–Kier alpha value is -3.99. The molecular formula is C27H30FN5O4S. The number of nitrogens with zero attached hydrogens (tertiary/aromatic N) is 2. The number of benzene rings is 2. The minimum Gasteiger partial charge on any atom is -0.492 e. The van der Waals surface area contributed by atoms with Crippen LogP contribution in [0.4, 0.5) is 15.8 Å². The first-order chi connectivity index (χ1) is 18.3. The Balaban J connectivity index is 1.88. The molecule has 5 N–H and O–H groups in total. The summed E-state index contributed by atoms with van der Waals surface area (Å²) in [5.74, 6) is -2.09. The highest BCUT2D eigenvalue weighted by Gasteiger charge is 2.38. The predicted octanol–water partition coefficient (Wildman–Crippen LogP) is 4.20. The number of nitrogen functional groups attached to an aromatic ring is 1. The molecule has 1 saturated carbocycles. The number of ether oxygens (including phenoxy) is 1. The number of primary amides is 1. The monoisotopic (exact) mass is 539 g/mol. The Morgan fingerprint density at radius 2 is 1.82 bits per heavy atom. The number of nitrogens with one attached hydrogen (secondary N) is 1. The molecule has 3 aromatic rings. The fourth-order valence-corrected chi connectivity index (χ4v) is 5.37. The van der Waals surface area contributed by atoms with Gasteiger partial charge in [-0.2, -0.15) is 4.37 Å². The number of para-hydroxylation sites is 2. The van der Waals surface area contributed by atoms with Crippen LogP contribution < -0.4 is 26.4 Å². The third kappa shape index (κ3) is 5.77. The summed E-state index contributed by atoms with van der Waals surface area (Å²) in [7, 11) is 0. The van der Waals surface area contributed by atoms with Crippen LogP contribution in [0.5, 0.6) is 5.75 Å². The molecule has 1 aliphatic carbocycles. The van der Waals surface area contributed by atoms with Crippen LogP contribution in [0.3, 0.4) is 0 Å². The van der Waals surface area contributed by atoms with Gasteiger partial charge in [-0.15, -0.1) is 0 Å². The molecule has 3 amide bonds. The van der Waals surface area contributed by atoms with Gasteiger partial charge in [-0.3, -0.25) is 19.3 Å². The van der Waals surface area contributed by atoms with Crippen molar-refractivity contribution in [1.82, 2.24) is 9.69 Å². The molecule has 2 aromatic carbocycles. The van der Waals surface area contributed by atoms with E-state index in [9.17, 15) is 18.8 Å². The highest BCUT2D eigenvalue weighted by Crippen LogP contribution is 2.38. The summed E-state index contributed by atoms with van der Waals surface area (Å²) in [4.78, 5) is 41.2. The molecular weight excluding hydrogens is 509 g/mol. The highest BCUT2D eigenvalue weighted by molar-refractivity contribution is 7.09. The average molecular weight is 540 g/mol. The number of anilines is 2. The van der Waals surface area contributed by atoms with Gasteiger partial charge in [-0.05, 0) is 61.1 Å². The zero-order valence-electron chi connectivity index (χ0n) is 21.0. The standard InChI is InChI=1S/C27H30FN5O4S/c1-2-37-20-11-7-6-10-19(20)33(27(36)24-21(29)22(25(30)34)32-38-24)23(16-12-14-17(28)15-13-16)26(35)31-18-8-4-3-5-9-18/h6-7,10-15,18,23H,2-5,8-9,29H2,1H3,(H2,30,34)(H,31,35)/t23-/m0/s1. The van der Waals surface area contributed by atoms with Crippen LogP contribution in [-0.2, 0) is 4.79 Å². The third-order valence-corrected chi connectivity index (χ3v) is 7.29. The maximum Gasteiger partial charge on any atom is 0.273 e. The summed E-state index contributed by atoms with van der Waals surface area (Å²) in [6.07, 6.45) is 4.75. The quantitative estimate of drug-likeness (QED) is 0.372. The molecule has 38 heavy (non-hydrogen) atoms. The Kier molecular flexibility index (Phi) is 8.57. The molecule has 1 atom stereocenters. The van der Waals surface area contributed by atoms with Crippen LogP contribution in [0.15, 0.2) is 48.5 Å². The molecule has 0 spiro atoms. The fraction of sp³-hybridized carbons (Fsp3) is 0.333. The summed E-state index contributed by atoms with van der Waals surface area (Å²) in [6, 6.07) is 11.0. The molecule has 200 valence electrons. The summed E-state index contributed by atoms with van der Waals surface area (Å²) in [5.41, 5.74) is 11.8. The van der Waals surface area contributed by atoms with Crippen molar-refractivity contribution >= 4 is 40.6 Å². The number of aromatic nitrogens is 1. The van der Waals surface area contributed by atoms with Gasteiger partial charge < -0.3 is 21.5 Å². The van der Waals surface area contributed by atoms with E-state index in [1.54, 1.807) is 31.2 Å². The molecule has 0 radical (unpaired) electrons. The van der Waals surface area contributed by atoms with Gasteiger partial charge in [0, 0.05) is 6.04 Å². The molecule has 0 unspecified atom stereocenters. The fourth-order valence-electron chi connectivity index (χ4n) is 4.63. The molecule has 0 saturated heterocycles. The molecule has 0 bridgehead atoms. The first kappa shape index (κ1) is 27.1. The van der Waals surface area contributed by atoms with Gasteiger partial charge in [-0.1, -0.05) is 43.5 Å². The van der Waals surface area contributed by atoms with E-state index < -0.39 is 29.6 Å². The number of nitrogens with two attached hydrogens (primary N) is 2. The molecule has 0 aliphatic heterocycles. The largest absolute Gasteiger partial charge is 0.492 e. The summed E-state index contributed by atoms with van der Waals surface area (Å²) in [6.45, 7) is 2.11. The Morgan fingerprint density at radius 1 is 1.13 bits per heavy atom. The van der Waals surface area contributed by atoms with Crippen molar-refractivity contribution < 1.29 is 23.5 Å². The minimum absolute atomic E-state index is 0.0479. The van der Waals surface area contributed by atoms with Gasteiger partial charge in [0.25, 0.3) is 11.8 Å². The van der Waals surface area contributed by atoms with Crippen molar-refractivity contribution in [1.29, 1.82) is 0 Å². The first-order valence-corrected chi connectivity index (χ1v) is 13.2. The maximum atomic E-state index is 14.2. The van der Waals surface area contributed by atoms with Crippen LogP contribution >= 0.6 is 11.5 Å². The number of rotatable bonds is 9. The van der Waals surface area contributed by atoms with Gasteiger partial charge in [0.05, 0.1) is 18.0 Å². The van der Waals surface area contributed by atoms with Crippen molar-refractivity contribution in [2.75, 3.05) is 17.2 Å². The predicted molar refractivity (Wildman–Crippen MR) is 144 cm³/mol. The molecule has 1 aromatic heterocycles. The zero-order valence-corrected chi connectivity index (χ0v) is 21.8. The van der Waals surface area contributed by atoms with Crippen LogP contribution in [0.2, 0.25) is 0 Å². The Morgan fingerprint density at radius 3 is 2.45 bits per heavy atom. The zero-order chi connectivity index (χ0) is 27.2. The Labute approximate surface area is 224 Å². The van der Waals surface area contributed by atoms with Gasteiger partial charge in [0.2, 0.25) is 5.91 Å². The van der Waals surface area contributed by atoms with E-state index in [0.717, 1.165) is 43.6 Å². The lowest BCUT2D eigenvalue weighted by Crippen LogP contribution is -2.47. The van der Waals surface area contributed by atoms with Crippen LogP contribution in [0.25, 0.3) is 0 Å². The summed E-state index contributed by atoms with van der Waals surface area (Å²) in [5, 5.41) is 3.09. The number of carbonyl (C=O) groups is 3. The summed E-state index contributed by atoms with van der Waals surface area (Å²) >= 11 is 0.718. The number of hydrogen-bond acceptors (Lipinski definition) is 7. The summed E-state index contributed by atoms with van der Waals surface area (Å²) < 4.78 is 23.7. The van der Waals surface area contributed by atoms with Gasteiger partial charge in [-0.25, -0.2) is 4.39 Å². The lowest BCUT2D eigenvalue weighted by Gasteiger charge is -2.34. The number of hydrogen-bond donors (Lipinski definition) is 3. The molecule has 1 heterocycles. The average Bonchev–Trinajstić information content (AvgIpc) is 3.30. The second-order valence-electron chi connectivity index (χ2n) is 9.01. The van der Waals surface area contributed by atoms with Crippen molar-refractivity contribution in [2.24, 2.45) is 5.73 Å². The van der Waals surface area contributed by atoms with Crippen LogP contribution in [-0.4, -0.2) is 34.7 Å². The smallest absolute Gasteiger partial charge is 0.273 e. The second-order valence-corrected chi connectivity index (χ2v) is 9.79. The van der Waals surface area contributed by atoms with E-state index >= 15 is 0 Å². The SMILES string of the molecule is CCOc1ccccc1N(C(=O)c1snc(C(N)=O)c1N)[C@H](C(=O)NC1CCCCC1)c1ccc(F)cc1. The molecule has 1 aliphatic rings.